The van der Waals surface area contributed by atoms with E-state index in [0.29, 0.717) is 6.10 Å². The average molecular weight is 231 g/mol. The van der Waals surface area contributed by atoms with Crippen molar-refractivity contribution >= 4 is 15.9 Å². The topological polar surface area (TPSA) is 27.1 Å². The van der Waals surface area contributed by atoms with Gasteiger partial charge in [0.1, 0.15) is 10.4 Å². The van der Waals surface area contributed by atoms with E-state index in [2.05, 4.69) is 25.5 Å². The van der Waals surface area contributed by atoms with Crippen LogP contribution in [0.2, 0.25) is 0 Å². The van der Waals surface area contributed by atoms with Crippen molar-refractivity contribution in [2.24, 2.45) is 0 Å². The van der Waals surface area contributed by atoms with Gasteiger partial charge in [0.25, 0.3) is 0 Å². The Morgan fingerprint density at radius 3 is 3.33 bits per heavy atom. The Labute approximate surface area is 79.9 Å². The third kappa shape index (κ3) is 1.29. The fourth-order valence-electron chi connectivity index (χ4n) is 1.57. The summed E-state index contributed by atoms with van der Waals surface area (Å²) < 4.78 is 8.55. The molecule has 1 aliphatic heterocycles. The van der Waals surface area contributed by atoms with Crippen LogP contribution in [-0.2, 0) is 17.7 Å². The molecule has 66 valence electrons. The van der Waals surface area contributed by atoms with Crippen LogP contribution in [0.1, 0.15) is 12.2 Å². The Balaban J connectivity index is 2.24. The van der Waals surface area contributed by atoms with Crippen LogP contribution in [0.4, 0.5) is 0 Å². The summed E-state index contributed by atoms with van der Waals surface area (Å²) in [6.07, 6.45) is 4.22. The van der Waals surface area contributed by atoms with E-state index in [1.165, 1.54) is 0 Å². The van der Waals surface area contributed by atoms with Crippen LogP contribution in [0.15, 0.2) is 10.8 Å². The number of nitrogens with zero attached hydrogens (tertiary/aromatic N) is 2. The van der Waals surface area contributed by atoms with Crippen LogP contribution in [0.3, 0.4) is 0 Å². The molecule has 0 bridgehead atoms. The number of aromatic nitrogens is 2. The fourth-order valence-corrected chi connectivity index (χ4v) is 2.05. The van der Waals surface area contributed by atoms with Crippen molar-refractivity contribution in [3.05, 3.63) is 16.6 Å². The van der Waals surface area contributed by atoms with Crippen molar-refractivity contribution < 1.29 is 4.74 Å². The number of hydrogen-bond acceptors (Lipinski definition) is 2. The molecule has 3 nitrogen and oxygen atoms in total. The SMILES string of the molecule is COC1CCn2c(Br)cnc2C1. The molecule has 1 aromatic heterocycles. The molecule has 2 rings (SSSR count). The summed E-state index contributed by atoms with van der Waals surface area (Å²) in [5.74, 6) is 1.12. The number of imidazole rings is 1. The molecule has 12 heavy (non-hydrogen) atoms. The van der Waals surface area contributed by atoms with E-state index >= 15 is 0 Å². The molecule has 0 N–H and O–H groups in total. The zero-order valence-electron chi connectivity index (χ0n) is 6.96. The smallest absolute Gasteiger partial charge is 0.112 e. The van der Waals surface area contributed by atoms with Crippen molar-refractivity contribution in [2.45, 2.75) is 25.5 Å². The molecular weight excluding hydrogens is 220 g/mol. The average Bonchev–Trinajstić information content (AvgIpc) is 2.47. The third-order valence-electron chi connectivity index (χ3n) is 2.31. The largest absolute Gasteiger partial charge is 0.381 e. The molecule has 0 spiro atoms. The zero-order valence-corrected chi connectivity index (χ0v) is 8.54. The van der Waals surface area contributed by atoms with Gasteiger partial charge in [-0.25, -0.2) is 4.98 Å². The van der Waals surface area contributed by atoms with E-state index in [0.717, 1.165) is 29.8 Å². The number of ether oxygens (including phenoxy) is 1. The summed E-state index contributed by atoms with van der Waals surface area (Å²) in [4.78, 5) is 4.29. The highest BCUT2D eigenvalue weighted by molar-refractivity contribution is 9.10. The summed E-state index contributed by atoms with van der Waals surface area (Å²) in [5, 5.41) is 0. The first-order valence-electron chi connectivity index (χ1n) is 4.04. The summed E-state index contributed by atoms with van der Waals surface area (Å²) in [7, 11) is 1.76. The number of rotatable bonds is 1. The summed E-state index contributed by atoms with van der Waals surface area (Å²) in [6, 6.07) is 0. The molecule has 1 atom stereocenters. The first kappa shape index (κ1) is 8.26. The second kappa shape index (κ2) is 3.18. The van der Waals surface area contributed by atoms with Gasteiger partial charge >= 0.3 is 0 Å². The maximum Gasteiger partial charge on any atom is 0.112 e. The van der Waals surface area contributed by atoms with Gasteiger partial charge in [0.2, 0.25) is 0 Å². The van der Waals surface area contributed by atoms with Crippen LogP contribution < -0.4 is 0 Å². The molecule has 4 heteroatoms. The quantitative estimate of drug-likeness (QED) is 0.734. The molecule has 0 amide bonds. The number of hydrogen-bond donors (Lipinski definition) is 0. The summed E-state index contributed by atoms with van der Waals surface area (Å²) >= 11 is 3.45. The monoisotopic (exact) mass is 230 g/mol. The molecule has 0 fully saturated rings. The lowest BCUT2D eigenvalue weighted by Gasteiger charge is -2.22. The van der Waals surface area contributed by atoms with E-state index in [1.54, 1.807) is 7.11 Å². The Kier molecular flexibility index (Phi) is 2.19. The van der Waals surface area contributed by atoms with Gasteiger partial charge in [-0.15, -0.1) is 0 Å². The van der Waals surface area contributed by atoms with Crippen molar-refractivity contribution in [1.29, 1.82) is 0 Å². The van der Waals surface area contributed by atoms with Crippen molar-refractivity contribution in [2.75, 3.05) is 7.11 Å². The third-order valence-corrected chi connectivity index (χ3v) is 2.94. The molecule has 1 unspecified atom stereocenters. The van der Waals surface area contributed by atoms with Crippen molar-refractivity contribution in [1.82, 2.24) is 9.55 Å². The minimum Gasteiger partial charge on any atom is -0.381 e. The van der Waals surface area contributed by atoms with E-state index in [1.807, 2.05) is 6.20 Å². The molecule has 0 radical (unpaired) electrons. The lowest BCUT2D eigenvalue weighted by Crippen LogP contribution is -2.25. The lowest BCUT2D eigenvalue weighted by atomic mass is 10.1. The lowest BCUT2D eigenvalue weighted by molar-refractivity contribution is 0.0793. The van der Waals surface area contributed by atoms with E-state index in [4.69, 9.17) is 4.74 Å². The predicted octanol–water partition coefficient (Wildman–Crippen LogP) is 1.61. The zero-order chi connectivity index (χ0) is 8.55. The maximum atomic E-state index is 5.29. The van der Waals surface area contributed by atoms with Crippen LogP contribution in [0.5, 0.6) is 0 Å². The van der Waals surface area contributed by atoms with Gasteiger partial charge in [-0.05, 0) is 22.4 Å². The highest BCUT2D eigenvalue weighted by Crippen LogP contribution is 2.21. The normalized spacial score (nSPS) is 22.3. The highest BCUT2D eigenvalue weighted by Gasteiger charge is 2.20. The van der Waals surface area contributed by atoms with Gasteiger partial charge in [0.05, 0.1) is 12.3 Å². The second-order valence-electron chi connectivity index (χ2n) is 3.00. The highest BCUT2D eigenvalue weighted by atomic mass is 79.9. The molecule has 0 aromatic carbocycles. The molecule has 0 aliphatic carbocycles. The minimum atomic E-state index is 0.354. The van der Waals surface area contributed by atoms with Crippen LogP contribution >= 0.6 is 15.9 Å². The minimum absolute atomic E-state index is 0.354. The molecule has 2 heterocycles. The molecule has 0 saturated carbocycles. The Bertz CT molecular complexity index is 285. The van der Waals surface area contributed by atoms with Crippen molar-refractivity contribution in [3.8, 4) is 0 Å². The predicted molar refractivity (Wildman–Crippen MR) is 49.0 cm³/mol. The standard InChI is InChI=1S/C8H11BrN2O/c1-12-6-2-3-11-7(9)5-10-8(11)4-6/h5-6H,2-4H2,1H3. The molecule has 1 aromatic rings. The number of halogens is 1. The van der Waals surface area contributed by atoms with Crippen molar-refractivity contribution in [3.63, 3.8) is 0 Å². The van der Waals surface area contributed by atoms with Gasteiger partial charge in [0, 0.05) is 20.1 Å². The molecular formula is C8H11BrN2O. The first-order chi connectivity index (χ1) is 5.81. The molecule has 0 saturated heterocycles. The molecule has 1 aliphatic rings. The number of fused-ring (bicyclic) bond motifs is 1. The number of methoxy groups -OCH3 is 1. The summed E-state index contributed by atoms with van der Waals surface area (Å²) in [6.45, 7) is 1.01. The van der Waals surface area contributed by atoms with Gasteiger partial charge in [-0.1, -0.05) is 0 Å². The Morgan fingerprint density at radius 2 is 2.58 bits per heavy atom. The van der Waals surface area contributed by atoms with E-state index in [-0.39, 0.29) is 0 Å². The van der Waals surface area contributed by atoms with Gasteiger partial charge in [-0.3, -0.25) is 0 Å². The van der Waals surface area contributed by atoms with E-state index < -0.39 is 0 Å². The van der Waals surface area contributed by atoms with Gasteiger partial charge in [0.15, 0.2) is 0 Å². The van der Waals surface area contributed by atoms with E-state index in [9.17, 15) is 0 Å². The second-order valence-corrected chi connectivity index (χ2v) is 3.81. The Hall–Kier alpha value is -0.350. The van der Waals surface area contributed by atoms with Crippen LogP contribution in [0, 0.1) is 0 Å². The first-order valence-corrected chi connectivity index (χ1v) is 4.83. The maximum absolute atomic E-state index is 5.29. The fraction of sp³-hybridized carbons (Fsp3) is 0.625. The van der Waals surface area contributed by atoms with Crippen LogP contribution in [-0.4, -0.2) is 22.8 Å². The summed E-state index contributed by atoms with van der Waals surface area (Å²) in [5.41, 5.74) is 0. The van der Waals surface area contributed by atoms with Gasteiger partial charge in [-0.2, -0.15) is 0 Å². The van der Waals surface area contributed by atoms with Crippen LogP contribution in [0.25, 0.3) is 0 Å². The van der Waals surface area contributed by atoms with Gasteiger partial charge < -0.3 is 9.30 Å². The Morgan fingerprint density at radius 1 is 1.75 bits per heavy atom.